The van der Waals surface area contributed by atoms with Crippen molar-refractivity contribution < 1.29 is 36.3 Å². The number of aryl methyl sites for hydroxylation is 2. The fraction of sp³-hybridized carbons (Fsp3) is 0.353. The van der Waals surface area contributed by atoms with Gasteiger partial charge in [-0.3, -0.25) is 9.48 Å². The second-order valence-electron chi connectivity index (χ2n) is 6.35. The first-order valence-corrected chi connectivity index (χ1v) is 8.68. The largest absolute Gasteiger partial charge is 0.464 e. The highest BCUT2D eigenvalue weighted by Gasteiger charge is 2.60. The average molecular weight is 446 g/mol. The standard InChI is InChI=1S/C17H15F5N6O3/c1-4-27-7-10(13(26-27)15(30)31-3)24-14(29)9-6-12-23-8(2)5-11(28(12)25-9)16(18,19)17(20,21)22/h5-7H,4H2,1-3H3,(H,24,29). The number of carbonyl (C=O) groups is 2. The number of esters is 1. The molecule has 3 aromatic heterocycles. The summed E-state index contributed by atoms with van der Waals surface area (Å²) in [5, 5.41) is 9.83. The van der Waals surface area contributed by atoms with E-state index in [4.69, 9.17) is 0 Å². The molecule has 1 N–H and O–H groups in total. The van der Waals surface area contributed by atoms with Gasteiger partial charge in [0.05, 0.1) is 12.8 Å². The molecular formula is C17H15F5N6O3. The Labute approximate surface area is 170 Å². The molecule has 3 heterocycles. The van der Waals surface area contributed by atoms with Crippen LogP contribution in [0.1, 0.15) is 39.3 Å². The molecule has 0 aromatic carbocycles. The number of fused-ring (bicyclic) bond motifs is 1. The van der Waals surface area contributed by atoms with E-state index in [9.17, 15) is 31.5 Å². The molecule has 31 heavy (non-hydrogen) atoms. The van der Waals surface area contributed by atoms with Crippen LogP contribution in [0.5, 0.6) is 0 Å². The third kappa shape index (κ3) is 3.92. The van der Waals surface area contributed by atoms with Crippen LogP contribution in [0.2, 0.25) is 0 Å². The quantitative estimate of drug-likeness (QED) is 0.478. The number of hydrogen-bond donors (Lipinski definition) is 1. The van der Waals surface area contributed by atoms with Gasteiger partial charge in [-0.15, -0.1) is 0 Å². The third-order valence-corrected chi connectivity index (χ3v) is 4.18. The van der Waals surface area contributed by atoms with Crippen LogP contribution in [0.4, 0.5) is 27.6 Å². The van der Waals surface area contributed by atoms with Crippen LogP contribution in [0.15, 0.2) is 18.3 Å². The van der Waals surface area contributed by atoms with E-state index in [-0.39, 0.29) is 27.2 Å². The molecule has 0 aliphatic heterocycles. The predicted molar refractivity (Wildman–Crippen MR) is 94.9 cm³/mol. The lowest BCUT2D eigenvalue weighted by Gasteiger charge is -2.20. The molecule has 14 heteroatoms. The second kappa shape index (κ2) is 7.59. The fourth-order valence-electron chi connectivity index (χ4n) is 2.69. The third-order valence-electron chi connectivity index (χ3n) is 4.18. The molecular weight excluding hydrogens is 431 g/mol. The summed E-state index contributed by atoms with van der Waals surface area (Å²) in [5.74, 6) is -7.06. The van der Waals surface area contributed by atoms with E-state index in [0.29, 0.717) is 12.6 Å². The van der Waals surface area contributed by atoms with Gasteiger partial charge >= 0.3 is 18.1 Å². The number of ether oxygens (including phenoxy) is 1. The number of nitrogens with zero attached hydrogens (tertiary/aromatic N) is 5. The number of alkyl halides is 5. The molecule has 0 unspecified atom stereocenters. The molecule has 3 rings (SSSR count). The highest BCUT2D eigenvalue weighted by molar-refractivity contribution is 6.06. The minimum absolute atomic E-state index is 0.0549. The SMILES string of the molecule is CCn1cc(NC(=O)c2cc3nc(C)cc(C(F)(F)C(F)(F)F)n3n2)c(C(=O)OC)n1. The van der Waals surface area contributed by atoms with Gasteiger partial charge in [0, 0.05) is 24.5 Å². The van der Waals surface area contributed by atoms with Crippen LogP contribution in [0.3, 0.4) is 0 Å². The minimum atomic E-state index is -5.88. The van der Waals surface area contributed by atoms with Gasteiger partial charge in [-0.1, -0.05) is 0 Å². The number of aromatic nitrogens is 5. The summed E-state index contributed by atoms with van der Waals surface area (Å²) < 4.78 is 72.8. The van der Waals surface area contributed by atoms with E-state index in [1.165, 1.54) is 17.8 Å². The van der Waals surface area contributed by atoms with Crippen molar-refractivity contribution in [2.45, 2.75) is 32.5 Å². The lowest BCUT2D eigenvalue weighted by molar-refractivity contribution is -0.291. The van der Waals surface area contributed by atoms with Crippen molar-refractivity contribution in [3.8, 4) is 0 Å². The molecule has 0 aliphatic rings. The average Bonchev–Trinajstić information content (AvgIpc) is 3.29. The number of amides is 1. The minimum Gasteiger partial charge on any atom is -0.464 e. The maximum Gasteiger partial charge on any atom is 0.459 e. The topological polar surface area (TPSA) is 103 Å². The van der Waals surface area contributed by atoms with Gasteiger partial charge in [0.1, 0.15) is 5.69 Å². The lowest BCUT2D eigenvalue weighted by Crippen LogP contribution is -2.36. The van der Waals surface area contributed by atoms with E-state index >= 15 is 0 Å². The number of anilines is 1. The van der Waals surface area contributed by atoms with Gasteiger partial charge in [-0.2, -0.15) is 32.1 Å². The molecule has 1 amide bonds. The summed E-state index contributed by atoms with van der Waals surface area (Å²) in [6.07, 6.45) is -4.56. The monoisotopic (exact) mass is 446 g/mol. The molecule has 0 spiro atoms. The first kappa shape index (κ1) is 22.1. The number of hydrogen-bond acceptors (Lipinski definition) is 6. The van der Waals surface area contributed by atoms with Gasteiger partial charge in [-0.05, 0) is 19.9 Å². The smallest absolute Gasteiger partial charge is 0.459 e. The first-order valence-electron chi connectivity index (χ1n) is 8.68. The summed E-state index contributed by atoms with van der Waals surface area (Å²) in [7, 11) is 1.11. The van der Waals surface area contributed by atoms with Gasteiger partial charge in [-0.25, -0.2) is 14.3 Å². The maximum absolute atomic E-state index is 14.0. The van der Waals surface area contributed by atoms with Crippen LogP contribution >= 0.6 is 0 Å². The van der Waals surface area contributed by atoms with Gasteiger partial charge in [0.15, 0.2) is 17.0 Å². The number of halogens is 5. The van der Waals surface area contributed by atoms with E-state index in [2.05, 4.69) is 25.2 Å². The zero-order valence-electron chi connectivity index (χ0n) is 16.3. The molecule has 0 radical (unpaired) electrons. The van der Waals surface area contributed by atoms with Crippen LogP contribution in [0, 0.1) is 6.92 Å². The van der Waals surface area contributed by atoms with Crippen molar-refractivity contribution >= 4 is 23.2 Å². The Morgan fingerprint density at radius 2 is 1.84 bits per heavy atom. The molecule has 0 bridgehead atoms. The Bertz CT molecular complexity index is 1170. The van der Waals surface area contributed by atoms with Crippen molar-refractivity contribution in [3.63, 3.8) is 0 Å². The van der Waals surface area contributed by atoms with Gasteiger partial charge in [0.2, 0.25) is 0 Å². The molecule has 0 atom stereocenters. The normalized spacial score (nSPS) is 12.3. The van der Waals surface area contributed by atoms with Crippen molar-refractivity contribution in [2.24, 2.45) is 0 Å². The van der Waals surface area contributed by atoms with E-state index in [1.54, 1.807) is 6.92 Å². The molecule has 0 aliphatic carbocycles. The zero-order chi connectivity index (χ0) is 23.1. The van der Waals surface area contributed by atoms with Crippen LogP contribution in [0.25, 0.3) is 5.65 Å². The number of methoxy groups -OCH3 is 1. The van der Waals surface area contributed by atoms with Crippen molar-refractivity contribution in [2.75, 3.05) is 12.4 Å². The Balaban J connectivity index is 2.04. The molecule has 0 saturated heterocycles. The summed E-state index contributed by atoms with van der Waals surface area (Å²) in [4.78, 5) is 28.3. The maximum atomic E-state index is 14.0. The zero-order valence-corrected chi connectivity index (χ0v) is 16.3. The molecule has 3 aromatic rings. The summed E-state index contributed by atoms with van der Waals surface area (Å²) in [6.45, 7) is 3.30. The first-order chi connectivity index (χ1) is 14.4. The Kier molecular flexibility index (Phi) is 5.42. The number of rotatable bonds is 5. The van der Waals surface area contributed by atoms with Gasteiger partial charge < -0.3 is 10.1 Å². The summed E-state index contributed by atoms with van der Waals surface area (Å²) in [5.41, 5.74) is -2.79. The van der Waals surface area contributed by atoms with Gasteiger partial charge in [0.25, 0.3) is 5.91 Å². The lowest BCUT2D eigenvalue weighted by atomic mass is 10.2. The summed E-state index contributed by atoms with van der Waals surface area (Å²) in [6, 6.07) is 1.48. The molecule has 9 nitrogen and oxygen atoms in total. The summed E-state index contributed by atoms with van der Waals surface area (Å²) >= 11 is 0. The van der Waals surface area contributed by atoms with E-state index in [1.807, 2.05) is 0 Å². The van der Waals surface area contributed by atoms with Crippen molar-refractivity contribution in [1.82, 2.24) is 24.4 Å². The van der Waals surface area contributed by atoms with E-state index < -0.39 is 35.4 Å². The highest BCUT2D eigenvalue weighted by atomic mass is 19.4. The van der Waals surface area contributed by atoms with E-state index in [0.717, 1.165) is 13.2 Å². The molecule has 166 valence electrons. The second-order valence-corrected chi connectivity index (χ2v) is 6.35. The molecule has 0 fully saturated rings. The Morgan fingerprint density at radius 3 is 2.42 bits per heavy atom. The molecule has 0 saturated carbocycles. The number of nitrogens with one attached hydrogen (secondary N) is 1. The Hall–Kier alpha value is -3.58. The Morgan fingerprint density at radius 1 is 1.16 bits per heavy atom. The predicted octanol–water partition coefficient (Wildman–Crippen LogP) is 2.95. The van der Waals surface area contributed by atoms with Crippen molar-refractivity contribution in [1.29, 1.82) is 0 Å². The van der Waals surface area contributed by atoms with Crippen molar-refractivity contribution in [3.05, 3.63) is 41.1 Å². The van der Waals surface area contributed by atoms with Crippen LogP contribution < -0.4 is 5.32 Å². The van der Waals surface area contributed by atoms with Crippen LogP contribution in [-0.2, 0) is 17.2 Å². The fourth-order valence-corrected chi connectivity index (χ4v) is 2.69. The highest BCUT2D eigenvalue weighted by Crippen LogP contribution is 2.43. The van der Waals surface area contributed by atoms with Crippen LogP contribution in [-0.4, -0.2) is 49.5 Å². The number of carbonyl (C=O) groups excluding carboxylic acids is 2.